The van der Waals surface area contributed by atoms with Gasteiger partial charge in [-0.05, 0) is 61.1 Å². The van der Waals surface area contributed by atoms with E-state index in [0.717, 1.165) is 74.5 Å². The predicted molar refractivity (Wildman–Crippen MR) is 157 cm³/mol. The Kier molecular flexibility index (Phi) is 7.46. The zero-order valence-electron chi connectivity index (χ0n) is 23.0. The van der Waals surface area contributed by atoms with Crippen molar-refractivity contribution < 1.29 is 14.4 Å². The summed E-state index contributed by atoms with van der Waals surface area (Å²) in [4.78, 5) is 43.7. The average molecular weight is 539 g/mol. The van der Waals surface area contributed by atoms with Crippen molar-refractivity contribution in [3.05, 3.63) is 78.4 Å². The molecular formula is C33H38N4O3. The zero-order chi connectivity index (χ0) is 27.5. The largest absolute Gasteiger partial charge is 0.349 e. The van der Waals surface area contributed by atoms with Crippen LogP contribution in [0.2, 0.25) is 0 Å². The first-order valence-electron chi connectivity index (χ1n) is 14.7. The maximum Gasteiger partial charge on any atom is 0.321 e. The number of benzene rings is 3. The second-order valence-electron chi connectivity index (χ2n) is 11.8. The molecule has 1 aliphatic carbocycles. The van der Waals surface area contributed by atoms with Crippen LogP contribution in [0.3, 0.4) is 0 Å². The third-order valence-corrected chi connectivity index (χ3v) is 9.33. The molecule has 40 heavy (non-hydrogen) atoms. The summed E-state index contributed by atoms with van der Waals surface area (Å²) in [7, 11) is 0. The number of hydrogen-bond donors (Lipinski definition) is 2. The van der Waals surface area contributed by atoms with Gasteiger partial charge in [0.1, 0.15) is 0 Å². The molecule has 2 aliphatic heterocycles. The average Bonchev–Trinajstić information content (AvgIpc) is 3.41. The van der Waals surface area contributed by atoms with E-state index in [1.807, 2.05) is 70.5 Å². The molecule has 2 atom stereocenters. The van der Waals surface area contributed by atoms with E-state index in [1.165, 1.54) is 0 Å². The Morgan fingerprint density at radius 3 is 2.23 bits per heavy atom. The molecule has 1 spiro atoms. The minimum Gasteiger partial charge on any atom is -0.349 e. The van der Waals surface area contributed by atoms with Crippen molar-refractivity contribution in [1.29, 1.82) is 0 Å². The number of nitrogens with one attached hydrogen (secondary N) is 2. The molecule has 4 amide bonds. The molecule has 7 heteroatoms. The summed E-state index contributed by atoms with van der Waals surface area (Å²) in [6, 6.07) is 23.1. The minimum absolute atomic E-state index is 0.0589. The molecule has 1 saturated carbocycles. The number of piperidine rings is 1. The lowest BCUT2D eigenvalue weighted by atomic mass is 9.77. The molecule has 3 fully saturated rings. The van der Waals surface area contributed by atoms with Crippen LogP contribution in [-0.4, -0.2) is 59.9 Å². The highest BCUT2D eigenvalue weighted by molar-refractivity contribution is 6.01. The van der Waals surface area contributed by atoms with Gasteiger partial charge in [0.2, 0.25) is 5.91 Å². The lowest BCUT2D eigenvalue weighted by molar-refractivity contribution is -0.136. The summed E-state index contributed by atoms with van der Waals surface area (Å²) in [5.41, 5.74) is 1.54. The highest BCUT2D eigenvalue weighted by Crippen LogP contribution is 2.42. The number of carbonyl (C=O) groups is 3. The number of carbonyl (C=O) groups excluding carboxylic acids is 3. The zero-order valence-corrected chi connectivity index (χ0v) is 23.0. The molecule has 6 rings (SSSR count). The van der Waals surface area contributed by atoms with Gasteiger partial charge in [0.15, 0.2) is 0 Å². The Bertz CT molecular complexity index is 1380. The van der Waals surface area contributed by atoms with Gasteiger partial charge < -0.3 is 20.4 Å². The van der Waals surface area contributed by atoms with Crippen molar-refractivity contribution in [1.82, 2.24) is 15.1 Å². The maximum atomic E-state index is 13.7. The third-order valence-electron chi connectivity index (χ3n) is 9.33. The summed E-state index contributed by atoms with van der Waals surface area (Å²) in [5, 5.41) is 8.44. The van der Waals surface area contributed by atoms with Crippen molar-refractivity contribution in [3.8, 4) is 0 Å². The predicted octanol–water partition coefficient (Wildman–Crippen LogP) is 5.68. The number of rotatable bonds is 4. The van der Waals surface area contributed by atoms with E-state index in [2.05, 4.69) is 22.8 Å². The molecule has 2 unspecified atom stereocenters. The SMILES string of the molecule is O=C(NC1CCCCC1C(=O)N1CCC2(CCN(C(=O)Nc3cccc4ccccc34)CC2)C1)c1ccccc1. The number of hydrogen-bond acceptors (Lipinski definition) is 3. The highest BCUT2D eigenvalue weighted by Gasteiger charge is 2.45. The van der Waals surface area contributed by atoms with E-state index >= 15 is 0 Å². The van der Waals surface area contributed by atoms with E-state index < -0.39 is 0 Å². The van der Waals surface area contributed by atoms with Crippen LogP contribution < -0.4 is 10.6 Å². The standard InChI is InChI=1S/C33H38N4O3/c38-30(25-10-2-1-3-11-25)34-29-15-7-6-14-27(29)31(39)37-22-19-33(23-37)17-20-36(21-18-33)32(40)35-28-16-8-12-24-9-4-5-13-26(24)28/h1-5,8-13,16,27,29H,6-7,14-15,17-23H2,(H,34,38)(H,35,40). The molecule has 0 bridgehead atoms. The normalized spacial score (nSPS) is 22.3. The first-order valence-corrected chi connectivity index (χ1v) is 14.7. The van der Waals surface area contributed by atoms with E-state index in [-0.39, 0.29) is 35.2 Å². The first kappa shape index (κ1) is 26.4. The fourth-order valence-electron chi connectivity index (χ4n) is 6.92. The summed E-state index contributed by atoms with van der Waals surface area (Å²) >= 11 is 0. The van der Waals surface area contributed by atoms with E-state index in [1.54, 1.807) is 0 Å². The van der Waals surface area contributed by atoms with Gasteiger partial charge in [-0.15, -0.1) is 0 Å². The number of likely N-dealkylation sites (tertiary alicyclic amines) is 2. The van der Waals surface area contributed by atoms with Crippen LogP contribution in [0, 0.1) is 11.3 Å². The maximum absolute atomic E-state index is 13.7. The van der Waals surface area contributed by atoms with Crippen molar-refractivity contribution in [3.63, 3.8) is 0 Å². The van der Waals surface area contributed by atoms with E-state index in [4.69, 9.17) is 0 Å². The lowest BCUT2D eigenvalue weighted by Crippen LogP contribution is -2.50. The van der Waals surface area contributed by atoms with Gasteiger partial charge in [-0.2, -0.15) is 0 Å². The molecule has 0 radical (unpaired) electrons. The van der Waals surface area contributed by atoms with Crippen LogP contribution in [0.4, 0.5) is 10.5 Å². The number of nitrogens with zero attached hydrogens (tertiary/aromatic N) is 2. The number of anilines is 1. The number of amides is 4. The second kappa shape index (κ2) is 11.3. The van der Waals surface area contributed by atoms with Crippen LogP contribution in [0.1, 0.15) is 55.3 Å². The first-order chi connectivity index (χ1) is 19.5. The molecule has 0 aromatic heterocycles. The van der Waals surface area contributed by atoms with Crippen molar-refractivity contribution >= 4 is 34.3 Å². The molecule has 208 valence electrons. The van der Waals surface area contributed by atoms with Crippen LogP contribution in [0.15, 0.2) is 72.8 Å². The van der Waals surface area contributed by atoms with Gasteiger partial charge in [-0.1, -0.05) is 67.4 Å². The number of fused-ring (bicyclic) bond motifs is 1. The van der Waals surface area contributed by atoms with Gasteiger partial charge in [0, 0.05) is 43.2 Å². The minimum atomic E-state index is -0.164. The summed E-state index contributed by atoms with van der Waals surface area (Å²) in [5.74, 6) is -0.0773. The molecule has 2 saturated heterocycles. The second-order valence-corrected chi connectivity index (χ2v) is 11.8. The van der Waals surface area contributed by atoms with Gasteiger partial charge in [-0.3, -0.25) is 9.59 Å². The van der Waals surface area contributed by atoms with Gasteiger partial charge in [0.25, 0.3) is 5.91 Å². The third kappa shape index (κ3) is 5.42. The number of urea groups is 1. The smallest absolute Gasteiger partial charge is 0.321 e. The lowest BCUT2D eigenvalue weighted by Gasteiger charge is -2.40. The Labute approximate surface area is 235 Å². The molecule has 3 aromatic rings. The van der Waals surface area contributed by atoms with Gasteiger partial charge in [-0.25, -0.2) is 4.79 Å². The highest BCUT2D eigenvalue weighted by atomic mass is 16.2. The summed E-state index contributed by atoms with van der Waals surface area (Å²) in [6.45, 7) is 2.90. The van der Waals surface area contributed by atoms with Crippen LogP contribution >= 0.6 is 0 Å². The van der Waals surface area contributed by atoms with Crippen molar-refractivity contribution in [2.45, 2.75) is 51.0 Å². The topological polar surface area (TPSA) is 81.8 Å². The monoisotopic (exact) mass is 538 g/mol. The van der Waals surface area contributed by atoms with Gasteiger partial charge >= 0.3 is 6.03 Å². The van der Waals surface area contributed by atoms with E-state index in [0.29, 0.717) is 18.7 Å². The fraction of sp³-hybridized carbons (Fsp3) is 0.424. The summed E-state index contributed by atoms with van der Waals surface area (Å²) < 4.78 is 0. The summed E-state index contributed by atoms with van der Waals surface area (Å²) in [6.07, 6.45) is 6.50. The molecule has 7 nitrogen and oxygen atoms in total. The quantitative estimate of drug-likeness (QED) is 0.449. The Morgan fingerprint density at radius 1 is 0.750 bits per heavy atom. The Hall–Kier alpha value is -3.87. The molecule has 3 aliphatic rings. The Balaban J connectivity index is 1.04. The molecule has 2 N–H and O–H groups in total. The van der Waals surface area contributed by atoms with E-state index in [9.17, 15) is 14.4 Å². The Morgan fingerprint density at radius 2 is 1.43 bits per heavy atom. The van der Waals surface area contributed by atoms with Crippen molar-refractivity contribution in [2.24, 2.45) is 11.3 Å². The fourth-order valence-corrected chi connectivity index (χ4v) is 6.92. The van der Waals surface area contributed by atoms with Gasteiger partial charge in [0.05, 0.1) is 11.6 Å². The molecule has 3 aromatic carbocycles. The van der Waals surface area contributed by atoms with Crippen LogP contribution in [0.25, 0.3) is 10.8 Å². The molecular weight excluding hydrogens is 500 g/mol. The molecule has 2 heterocycles. The van der Waals surface area contributed by atoms with Crippen molar-refractivity contribution in [2.75, 3.05) is 31.5 Å². The van der Waals surface area contributed by atoms with Crippen LogP contribution in [-0.2, 0) is 4.79 Å². The van der Waals surface area contributed by atoms with Crippen LogP contribution in [0.5, 0.6) is 0 Å².